The molecule has 4 aliphatic carbocycles. The van der Waals surface area contributed by atoms with E-state index in [0.717, 1.165) is 41.8 Å². The first-order valence-electron chi connectivity index (χ1n) is 8.62. The Balaban J connectivity index is 1.51. The van der Waals surface area contributed by atoms with E-state index >= 15 is 0 Å². The van der Waals surface area contributed by atoms with Gasteiger partial charge in [-0.2, -0.15) is 0 Å². The fourth-order valence-electron chi connectivity index (χ4n) is 5.93. The summed E-state index contributed by atoms with van der Waals surface area (Å²) in [5.41, 5.74) is 7.98. The Kier molecular flexibility index (Phi) is 3.45. The highest BCUT2D eigenvalue weighted by atomic mass is 16.5. The summed E-state index contributed by atoms with van der Waals surface area (Å²) >= 11 is 0. The fourth-order valence-corrected chi connectivity index (χ4v) is 5.93. The lowest BCUT2D eigenvalue weighted by Crippen LogP contribution is -2.52. The number of hydrogen-bond donors (Lipinski definition) is 1. The molecule has 2 nitrogen and oxygen atoms in total. The van der Waals surface area contributed by atoms with Gasteiger partial charge in [-0.15, -0.1) is 0 Å². The SMILES string of the molecule is COc1ccccc1CC(N)C1C2CC3CC(C2)CC1C3. The lowest BCUT2D eigenvalue weighted by molar-refractivity contribution is -0.0465. The van der Waals surface area contributed by atoms with E-state index in [1.54, 1.807) is 7.11 Å². The van der Waals surface area contributed by atoms with Crippen LogP contribution in [0.15, 0.2) is 24.3 Å². The molecule has 0 aromatic heterocycles. The van der Waals surface area contributed by atoms with Gasteiger partial charge >= 0.3 is 0 Å². The van der Waals surface area contributed by atoms with Crippen LogP contribution < -0.4 is 10.5 Å². The summed E-state index contributed by atoms with van der Waals surface area (Å²) in [7, 11) is 1.76. The molecule has 0 heterocycles. The zero-order chi connectivity index (χ0) is 14.4. The lowest BCUT2D eigenvalue weighted by atomic mass is 9.50. The molecule has 2 N–H and O–H groups in total. The molecule has 4 bridgehead atoms. The van der Waals surface area contributed by atoms with Crippen LogP contribution >= 0.6 is 0 Å². The van der Waals surface area contributed by atoms with E-state index < -0.39 is 0 Å². The first kappa shape index (κ1) is 13.6. The van der Waals surface area contributed by atoms with Crippen molar-refractivity contribution in [2.45, 2.75) is 44.6 Å². The van der Waals surface area contributed by atoms with Crippen LogP contribution in [0.1, 0.15) is 37.7 Å². The van der Waals surface area contributed by atoms with E-state index in [1.165, 1.54) is 37.7 Å². The third-order valence-electron chi connectivity index (χ3n) is 6.44. The van der Waals surface area contributed by atoms with Gasteiger partial charge in [-0.25, -0.2) is 0 Å². The molecule has 4 fully saturated rings. The molecule has 4 aliphatic rings. The minimum Gasteiger partial charge on any atom is -0.496 e. The van der Waals surface area contributed by atoms with E-state index in [4.69, 9.17) is 10.5 Å². The van der Waals surface area contributed by atoms with Gasteiger partial charge in [0, 0.05) is 6.04 Å². The first-order chi connectivity index (χ1) is 10.2. The first-order valence-corrected chi connectivity index (χ1v) is 8.62. The quantitative estimate of drug-likeness (QED) is 0.916. The van der Waals surface area contributed by atoms with Crippen molar-refractivity contribution < 1.29 is 4.74 Å². The highest BCUT2D eigenvalue weighted by molar-refractivity contribution is 5.34. The molecule has 0 aliphatic heterocycles. The van der Waals surface area contributed by atoms with Gasteiger partial charge in [-0.05, 0) is 79.7 Å². The molecule has 1 aromatic rings. The molecule has 0 radical (unpaired) electrons. The topological polar surface area (TPSA) is 35.2 Å². The van der Waals surface area contributed by atoms with Crippen molar-refractivity contribution >= 4 is 0 Å². The van der Waals surface area contributed by atoms with Gasteiger partial charge in [0.2, 0.25) is 0 Å². The summed E-state index contributed by atoms with van der Waals surface area (Å²) in [5.74, 6) is 5.63. The predicted molar refractivity (Wildman–Crippen MR) is 85.2 cm³/mol. The standard InChI is InChI=1S/C19H27NO/c1-21-18-5-3-2-4-14(18)11-17(20)19-15-7-12-6-13(9-15)10-16(19)8-12/h2-5,12-13,15-17,19H,6-11,20H2,1H3. The third kappa shape index (κ3) is 2.38. The molecule has 2 heteroatoms. The Morgan fingerprint density at radius 1 is 1.05 bits per heavy atom. The predicted octanol–water partition coefficient (Wildman–Crippen LogP) is 3.64. The normalized spacial score (nSPS) is 38.5. The average molecular weight is 285 g/mol. The summed E-state index contributed by atoms with van der Waals surface area (Å²) < 4.78 is 5.50. The lowest BCUT2D eigenvalue weighted by Gasteiger charge is -2.56. The zero-order valence-corrected chi connectivity index (χ0v) is 13.0. The van der Waals surface area contributed by atoms with Crippen LogP contribution in [0.25, 0.3) is 0 Å². The van der Waals surface area contributed by atoms with Crippen LogP contribution in [0.4, 0.5) is 0 Å². The Bertz CT molecular complexity index is 484. The third-order valence-corrected chi connectivity index (χ3v) is 6.44. The molecule has 0 spiro atoms. The van der Waals surface area contributed by atoms with Crippen LogP contribution in [0.3, 0.4) is 0 Å². The second kappa shape index (κ2) is 5.31. The summed E-state index contributed by atoms with van der Waals surface area (Å²) in [6, 6.07) is 8.67. The largest absolute Gasteiger partial charge is 0.496 e. The molecular formula is C19H27NO. The van der Waals surface area contributed by atoms with Crippen LogP contribution in [0.5, 0.6) is 5.75 Å². The molecule has 1 aromatic carbocycles. The van der Waals surface area contributed by atoms with Crippen molar-refractivity contribution in [2.24, 2.45) is 35.3 Å². The monoisotopic (exact) mass is 285 g/mol. The Labute approximate surface area is 128 Å². The molecule has 1 atom stereocenters. The molecule has 0 saturated heterocycles. The summed E-state index contributed by atoms with van der Waals surface area (Å²) in [6.07, 6.45) is 8.31. The van der Waals surface area contributed by atoms with E-state index in [0.29, 0.717) is 6.04 Å². The van der Waals surface area contributed by atoms with Crippen LogP contribution in [-0.4, -0.2) is 13.2 Å². The smallest absolute Gasteiger partial charge is 0.122 e. The van der Waals surface area contributed by atoms with Crippen molar-refractivity contribution in [1.29, 1.82) is 0 Å². The maximum Gasteiger partial charge on any atom is 0.122 e. The second-order valence-corrected chi connectivity index (χ2v) is 7.69. The Morgan fingerprint density at radius 2 is 1.67 bits per heavy atom. The maximum atomic E-state index is 6.70. The van der Waals surface area contributed by atoms with Crippen LogP contribution in [0.2, 0.25) is 0 Å². The van der Waals surface area contributed by atoms with Gasteiger partial charge < -0.3 is 10.5 Å². The average Bonchev–Trinajstić information content (AvgIpc) is 2.46. The van der Waals surface area contributed by atoms with Crippen LogP contribution in [0, 0.1) is 29.6 Å². The van der Waals surface area contributed by atoms with Crippen molar-refractivity contribution in [3.63, 3.8) is 0 Å². The fraction of sp³-hybridized carbons (Fsp3) is 0.684. The second-order valence-electron chi connectivity index (χ2n) is 7.69. The number of methoxy groups -OCH3 is 1. The van der Waals surface area contributed by atoms with E-state index in [9.17, 15) is 0 Å². The van der Waals surface area contributed by atoms with Gasteiger partial charge in [-0.3, -0.25) is 0 Å². The van der Waals surface area contributed by atoms with E-state index in [2.05, 4.69) is 18.2 Å². The van der Waals surface area contributed by atoms with Gasteiger partial charge in [0.1, 0.15) is 5.75 Å². The maximum absolute atomic E-state index is 6.70. The molecular weight excluding hydrogens is 258 g/mol. The number of para-hydroxylation sites is 1. The van der Waals surface area contributed by atoms with Gasteiger partial charge in [0.25, 0.3) is 0 Å². The van der Waals surface area contributed by atoms with Crippen LogP contribution in [-0.2, 0) is 6.42 Å². The number of nitrogens with two attached hydrogens (primary N) is 1. The highest BCUT2D eigenvalue weighted by Gasteiger charge is 2.49. The molecule has 5 rings (SSSR count). The zero-order valence-electron chi connectivity index (χ0n) is 13.0. The molecule has 21 heavy (non-hydrogen) atoms. The van der Waals surface area contributed by atoms with Crippen molar-refractivity contribution in [3.05, 3.63) is 29.8 Å². The number of rotatable bonds is 4. The van der Waals surface area contributed by atoms with Crippen molar-refractivity contribution in [2.75, 3.05) is 7.11 Å². The van der Waals surface area contributed by atoms with Gasteiger partial charge in [0.15, 0.2) is 0 Å². The molecule has 0 amide bonds. The minimum atomic E-state index is 0.302. The summed E-state index contributed by atoms with van der Waals surface area (Å²) in [5, 5.41) is 0. The summed E-state index contributed by atoms with van der Waals surface area (Å²) in [6.45, 7) is 0. The number of ether oxygens (including phenoxy) is 1. The molecule has 114 valence electrons. The van der Waals surface area contributed by atoms with Gasteiger partial charge in [0.05, 0.1) is 7.11 Å². The van der Waals surface area contributed by atoms with Gasteiger partial charge in [-0.1, -0.05) is 18.2 Å². The molecule has 1 unspecified atom stereocenters. The summed E-state index contributed by atoms with van der Waals surface area (Å²) in [4.78, 5) is 0. The Hall–Kier alpha value is -1.02. The number of hydrogen-bond acceptors (Lipinski definition) is 2. The van der Waals surface area contributed by atoms with Crippen molar-refractivity contribution in [3.8, 4) is 5.75 Å². The molecule has 4 saturated carbocycles. The van der Waals surface area contributed by atoms with Crippen molar-refractivity contribution in [1.82, 2.24) is 0 Å². The Morgan fingerprint density at radius 3 is 2.29 bits per heavy atom. The minimum absolute atomic E-state index is 0.302. The number of benzene rings is 1. The van der Waals surface area contributed by atoms with E-state index in [-0.39, 0.29) is 0 Å². The highest BCUT2D eigenvalue weighted by Crippen LogP contribution is 2.57. The van der Waals surface area contributed by atoms with E-state index in [1.807, 2.05) is 6.07 Å².